The molecule has 70 valence electrons. The van der Waals surface area contributed by atoms with Crippen LogP contribution < -0.4 is 48.6 Å². The van der Waals surface area contributed by atoms with Crippen LogP contribution in [0.4, 0.5) is 0 Å². The molecule has 2 N–H and O–H groups in total. The van der Waals surface area contributed by atoms with Gasteiger partial charge >= 0.3 is 37.7 Å². The van der Waals surface area contributed by atoms with Crippen LogP contribution in [0.15, 0.2) is 0 Å². The second kappa shape index (κ2) is 13.1. The number of hydrogen-bond donors (Lipinski definition) is 1. The summed E-state index contributed by atoms with van der Waals surface area (Å²) in [5, 5.41) is 10.1. The van der Waals surface area contributed by atoms with E-state index in [1.807, 2.05) is 0 Å². The average molecular weight is 187 g/mol. The molecule has 0 aliphatic heterocycles. The first kappa shape index (κ1) is 19.6. The van der Waals surface area contributed by atoms with E-state index in [-0.39, 0.29) is 44.3 Å². The second-order valence-electron chi connectivity index (χ2n) is 2.35. The Kier molecular flexibility index (Phi) is 18.4. The Morgan fingerprint density at radius 1 is 1.43 bits per heavy atom. The van der Waals surface area contributed by atoms with Crippen LogP contribution in [0.2, 0.25) is 0 Å². The molecule has 1 atom stereocenters. The molecule has 0 saturated carbocycles. The van der Waals surface area contributed by atoms with Crippen molar-refractivity contribution >= 4 is 12.4 Å². The summed E-state index contributed by atoms with van der Waals surface area (Å²) in [4.78, 5) is 19.6. The third kappa shape index (κ3) is 12.1. The zero-order valence-corrected chi connectivity index (χ0v) is 8.62. The topological polar surface area (TPSA) is 92.5 Å². The molecule has 0 radical (unpaired) electrons. The maximum Gasteiger partial charge on any atom is 1.00 e. The van der Waals surface area contributed by atoms with Gasteiger partial charge in [0.15, 0.2) is 0 Å². The molecule has 0 aliphatic rings. The van der Waals surface area contributed by atoms with Gasteiger partial charge in [-0.2, -0.15) is 0 Å². The van der Waals surface area contributed by atoms with Crippen molar-refractivity contribution in [3.8, 4) is 0 Å². The Morgan fingerprint density at radius 3 is 2.43 bits per heavy atom. The van der Waals surface area contributed by atoms with Crippen LogP contribution in [0, 0.1) is 0 Å². The molecule has 14 heavy (non-hydrogen) atoms. The fourth-order valence-corrected chi connectivity index (χ4v) is 0.698. The van der Waals surface area contributed by atoms with Gasteiger partial charge in [0.2, 0.25) is 0 Å². The second-order valence-corrected chi connectivity index (χ2v) is 2.35. The number of hydrogen-bond acceptors (Lipinski definition) is 5. The van der Waals surface area contributed by atoms with E-state index in [4.69, 9.17) is 5.73 Å². The fraction of sp³-hybridized carbons (Fsp3) is 0.714. The van der Waals surface area contributed by atoms with E-state index in [1.165, 1.54) is 6.47 Å². The number of carbonyl (C=O) groups is 1. The van der Waals surface area contributed by atoms with Crippen LogP contribution in [0.25, 0.3) is 0 Å². The molecule has 0 bridgehead atoms. The van der Waals surface area contributed by atoms with Gasteiger partial charge < -0.3 is 25.2 Å². The van der Waals surface area contributed by atoms with Crippen molar-refractivity contribution in [2.45, 2.75) is 25.3 Å². The summed E-state index contributed by atoms with van der Waals surface area (Å²) in [5.74, 6) is -1.25. The van der Waals surface area contributed by atoms with Gasteiger partial charge in [-0.05, 0) is 19.3 Å². The first-order valence-corrected chi connectivity index (χ1v) is 3.64. The Bertz CT molecular complexity index is 157. The van der Waals surface area contributed by atoms with Crippen LogP contribution in [-0.2, 0) is 14.3 Å². The number of carboxylic acid groups (broad SMARTS) is 1. The van der Waals surface area contributed by atoms with Crippen LogP contribution >= 0.6 is 0 Å². The largest absolute Gasteiger partial charge is 1.00 e. The summed E-state index contributed by atoms with van der Waals surface area (Å²) in [5.41, 5.74) is 5.15. The molecular formula is C7H11Li2NO4. The van der Waals surface area contributed by atoms with Crippen LogP contribution in [0.1, 0.15) is 19.3 Å². The SMILES string of the molecule is NC(CCCCO[C-]=O)C(=O)[O-].[Li+].[Li+]. The smallest absolute Gasteiger partial charge is 0.653 e. The van der Waals surface area contributed by atoms with Crippen LogP contribution in [-0.4, -0.2) is 25.1 Å². The molecule has 0 rings (SSSR count). The molecule has 1 unspecified atom stereocenters. The molecule has 7 heteroatoms. The molecule has 0 heterocycles. The summed E-state index contributed by atoms with van der Waals surface area (Å²) >= 11 is 0. The standard InChI is InChI=1S/C7H12NO4.2Li/c8-6(7(10)11)3-1-2-4-12-5-9;;/h6H,1-4,8H2,(H,10,11);;/q-1;2*+1/p-1. The maximum atomic E-state index is 10.1. The van der Waals surface area contributed by atoms with Crippen molar-refractivity contribution in [2.75, 3.05) is 6.61 Å². The van der Waals surface area contributed by atoms with Crippen molar-refractivity contribution < 1.29 is 57.2 Å². The first-order chi connectivity index (χ1) is 5.68. The summed E-state index contributed by atoms with van der Waals surface area (Å²) in [6.07, 6.45) is 1.53. The Labute approximate surface area is 107 Å². The summed E-state index contributed by atoms with van der Waals surface area (Å²) in [6, 6.07) is -0.926. The van der Waals surface area contributed by atoms with Gasteiger partial charge in [0.05, 0.1) is 5.97 Å². The monoisotopic (exact) mass is 187 g/mol. The van der Waals surface area contributed by atoms with E-state index in [0.29, 0.717) is 19.3 Å². The van der Waals surface area contributed by atoms with Crippen LogP contribution in [0.5, 0.6) is 0 Å². The van der Waals surface area contributed by atoms with Gasteiger partial charge in [-0.15, -0.1) is 0 Å². The van der Waals surface area contributed by atoms with Gasteiger partial charge in [0, 0.05) is 12.6 Å². The molecule has 0 aliphatic carbocycles. The third-order valence-corrected chi connectivity index (χ3v) is 1.37. The number of unbranched alkanes of at least 4 members (excludes halogenated alkanes) is 1. The van der Waals surface area contributed by atoms with Gasteiger partial charge in [-0.3, -0.25) is 0 Å². The third-order valence-electron chi connectivity index (χ3n) is 1.37. The molecule has 5 nitrogen and oxygen atoms in total. The maximum absolute atomic E-state index is 10.1. The van der Waals surface area contributed by atoms with Gasteiger partial charge in [-0.25, -0.2) is 0 Å². The molecule has 0 fully saturated rings. The zero-order chi connectivity index (χ0) is 9.40. The predicted molar refractivity (Wildman–Crippen MR) is 38.5 cm³/mol. The van der Waals surface area contributed by atoms with Gasteiger partial charge in [-0.1, -0.05) is 6.47 Å². The molecule has 0 aromatic heterocycles. The molecule has 0 aromatic rings. The quantitative estimate of drug-likeness (QED) is 0.243. The number of ether oxygens (including phenoxy) is 1. The predicted octanol–water partition coefficient (Wildman–Crippen LogP) is -7.67. The molecule has 0 spiro atoms. The number of carboxylic acids is 1. The Morgan fingerprint density at radius 2 is 2.00 bits per heavy atom. The average Bonchev–Trinajstić information content (AvgIpc) is 2.03. The van der Waals surface area contributed by atoms with Crippen molar-refractivity contribution in [2.24, 2.45) is 5.73 Å². The normalized spacial score (nSPS) is 10.4. The number of rotatable bonds is 7. The van der Waals surface area contributed by atoms with Crippen molar-refractivity contribution in [1.29, 1.82) is 0 Å². The van der Waals surface area contributed by atoms with E-state index in [9.17, 15) is 14.7 Å². The van der Waals surface area contributed by atoms with E-state index < -0.39 is 12.0 Å². The van der Waals surface area contributed by atoms with E-state index in [2.05, 4.69) is 4.74 Å². The zero-order valence-electron chi connectivity index (χ0n) is 8.62. The van der Waals surface area contributed by atoms with Gasteiger partial charge in [0.1, 0.15) is 0 Å². The Hall–Kier alpha value is 0.0948. The van der Waals surface area contributed by atoms with E-state index in [0.717, 1.165) is 0 Å². The van der Waals surface area contributed by atoms with Crippen molar-refractivity contribution in [1.82, 2.24) is 0 Å². The van der Waals surface area contributed by atoms with Gasteiger partial charge in [0.25, 0.3) is 0 Å². The Balaban J connectivity index is -0.000000605. The molecule has 0 saturated heterocycles. The van der Waals surface area contributed by atoms with Crippen molar-refractivity contribution in [3.05, 3.63) is 0 Å². The van der Waals surface area contributed by atoms with Crippen molar-refractivity contribution in [3.63, 3.8) is 0 Å². The minimum atomic E-state index is -1.25. The number of aliphatic carboxylic acids is 1. The minimum Gasteiger partial charge on any atom is -0.653 e. The molecule has 0 aromatic carbocycles. The molecule has 0 amide bonds. The number of nitrogens with two attached hydrogens (primary N) is 1. The van der Waals surface area contributed by atoms with E-state index >= 15 is 0 Å². The first-order valence-electron chi connectivity index (χ1n) is 3.64. The summed E-state index contributed by atoms with van der Waals surface area (Å²) < 4.78 is 4.27. The summed E-state index contributed by atoms with van der Waals surface area (Å²) in [6.45, 7) is 1.52. The van der Waals surface area contributed by atoms with Crippen LogP contribution in [0.3, 0.4) is 0 Å². The molecular weight excluding hydrogens is 176 g/mol. The fourth-order valence-electron chi connectivity index (χ4n) is 0.698. The minimum absolute atomic E-state index is 0. The number of carbonyl (C=O) groups excluding carboxylic acids is 2. The summed E-state index contributed by atoms with van der Waals surface area (Å²) in [7, 11) is 0. The van der Waals surface area contributed by atoms with E-state index in [1.54, 1.807) is 0 Å².